The number of terminal acetylenes is 1. The van der Waals surface area contributed by atoms with Crippen molar-refractivity contribution in [2.75, 3.05) is 6.54 Å². The molecule has 12 heavy (non-hydrogen) atoms. The molecule has 0 aliphatic heterocycles. The highest BCUT2D eigenvalue weighted by molar-refractivity contribution is 7.89. The molecule has 0 aliphatic rings. The molecule has 5 nitrogen and oxygen atoms in total. The fourth-order valence-electron chi connectivity index (χ4n) is 0.548. The lowest BCUT2D eigenvalue weighted by atomic mass is 10.7. The number of nitrogens with zero attached hydrogens (tertiary/aromatic N) is 1. The van der Waals surface area contributed by atoms with E-state index in [1.807, 2.05) is 0 Å². The number of hydrogen-bond acceptors (Lipinski definition) is 4. The van der Waals surface area contributed by atoms with Crippen molar-refractivity contribution in [3.05, 3.63) is 12.5 Å². The number of nitrogens with one attached hydrogen (secondary N) is 1. The largest absolute Gasteiger partial charge is 0.363 e. The highest BCUT2D eigenvalue weighted by Crippen LogP contribution is 2.04. The van der Waals surface area contributed by atoms with Crippen molar-refractivity contribution >= 4 is 10.0 Å². The van der Waals surface area contributed by atoms with Gasteiger partial charge in [-0.2, -0.15) is 4.72 Å². The van der Waals surface area contributed by atoms with Gasteiger partial charge in [0.2, 0.25) is 10.0 Å². The van der Waals surface area contributed by atoms with Gasteiger partial charge in [0.1, 0.15) is 11.2 Å². The third kappa shape index (κ3) is 1.84. The molecule has 1 rings (SSSR count). The highest BCUT2D eigenvalue weighted by atomic mass is 32.2. The Balaban J connectivity index is 2.83. The summed E-state index contributed by atoms with van der Waals surface area (Å²) in [5.41, 5.74) is 0. The molecule has 1 aromatic heterocycles. The zero-order chi connectivity index (χ0) is 9.03. The molecular formula is C6H6N2O3S. The van der Waals surface area contributed by atoms with Gasteiger partial charge in [0.15, 0.2) is 0 Å². The first-order valence-corrected chi connectivity index (χ1v) is 4.47. The summed E-state index contributed by atoms with van der Waals surface area (Å²) >= 11 is 0. The molecule has 1 N–H and O–H groups in total. The summed E-state index contributed by atoms with van der Waals surface area (Å²) in [7, 11) is -3.53. The molecule has 0 fully saturated rings. The Bertz CT molecular complexity index is 373. The van der Waals surface area contributed by atoms with E-state index >= 15 is 0 Å². The molecule has 64 valence electrons. The minimum Gasteiger partial charge on any atom is -0.363 e. The number of hydrogen-bond donors (Lipinski definition) is 1. The second kappa shape index (κ2) is 3.38. The fourth-order valence-corrected chi connectivity index (χ4v) is 1.34. The van der Waals surface area contributed by atoms with Crippen molar-refractivity contribution in [2.45, 2.75) is 4.90 Å². The van der Waals surface area contributed by atoms with Crippen LogP contribution in [0.4, 0.5) is 0 Å². The van der Waals surface area contributed by atoms with Crippen LogP contribution >= 0.6 is 0 Å². The van der Waals surface area contributed by atoms with Crippen molar-refractivity contribution < 1.29 is 12.9 Å². The summed E-state index contributed by atoms with van der Waals surface area (Å²) in [6.07, 6.45) is 7.00. The first-order valence-electron chi connectivity index (χ1n) is 2.99. The maximum absolute atomic E-state index is 11.1. The number of sulfonamides is 1. The second-order valence-corrected chi connectivity index (χ2v) is 3.66. The maximum atomic E-state index is 11.1. The topological polar surface area (TPSA) is 72.2 Å². The Kier molecular flexibility index (Phi) is 2.47. The van der Waals surface area contributed by atoms with E-state index in [1.54, 1.807) is 0 Å². The van der Waals surface area contributed by atoms with E-state index in [-0.39, 0.29) is 11.4 Å². The van der Waals surface area contributed by atoms with Crippen LogP contribution in [0, 0.1) is 12.3 Å². The minimum absolute atomic E-state index is 0.0299. The SMILES string of the molecule is C#CCNS(=O)(=O)c1cnoc1. The first-order chi connectivity index (χ1) is 5.67. The molecule has 0 amide bonds. The molecule has 0 bridgehead atoms. The van der Waals surface area contributed by atoms with Crippen LogP contribution in [0.25, 0.3) is 0 Å². The van der Waals surface area contributed by atoms with Crippen LogP contribution < -0.4 is 4.72 Å². The smallest absolute Gasteiger partial charge is 0.246 e. The van der Waals surface area contributed by atoms with Crippen molar-refractivity contribution in [3.63, 3.8) is 0 Å². The van der Waals surface area contributed by atoms with E-state index in [0.717, 1.165) is 12.5 Å². The van der Waals surface area contributed by atoms with E-state index in [9.17, 15) is 8.42 Å². The summed E-state index contributed by atoms with van der Waals surface area (Å²) < 4.78 is 28.8. The van der Waals surface area contributed by atoms with Crippen molar-refractivity contribution in [3.8, 4) is 12.3 Å². The molecular weight excluding hydrogens is 180 g/mol. The molecule has 0 radical (unpaired) electrons. The predicted molar refractivity (Wildman–Crippen MR) is 40.5 cm³/mol. The normalized spacial score (nSPS) is 10.9. The Morgan fingerprint density at radius 3 is 3.00 bits per heavy atom. The van der Waals surface area contributed by atoms with E-state index in [0.29, 0.717) is 0 Å². The van der Waals surface area contributed by atoms with Crippen LogP contribution in [0.5, 0.6) is 0 Å². The molecule has 0 saturated heterocycles. The van der Waals surface area contributed by atoms with Gasteiger partial charge in [0, 0.05) is 0 Å². The monoisotopic (exact) mass is 186 g/mol. The zero-order valence-corrected chi connectivity index (χ0v) is 6.84. The molecule has 0 aliphatic carbocycles. The molecule has 1 aromatic rings. The molecule has 0 spiro atoms. The molecule has 6 heteroatoms. The molecule has 0 unspecified atom stereocenters. The van der Waals surface area contributed by atoms with E-state index in [2.05, 4.69) is 20.3 Å². The average Bonchev–Trinajstić information content (AvgIpc) is 2.53. The van der Waals surface area contributed by atoms with Crippen molar-refractivity contribution in [1.29, 1.82) is 0 Å². The predicted octanol–water partition coefficient (Wildman–Crippen LogP) is -0.414. The quantitative estimate of drug-likeness (QED) is 0.651. The molecule has 1 heterocycles. The second-order valence-electron chi connectivity index (χ2n) is 1.89. The molecule has 0 atom stereocenters. The van der Waals surface area contributed by atoms with Crippen LogP contribution in [-0.4, -0.2) is 20.1 Å². The summed E-state index contributed by atoms with van der Waals surface area (Å²) in [5, 5.41) is 3.25. The van der Waals surface area contributed by atoms with Gasteiger partial charge >= 0.3 is 0 Å². The minimum atomic E-state index is -3.53. The molecule has 0 saturated carbocycles. The highest BCUT2D eigenvalue weighted by Gasteiger charge is 2.14. The maximum Gasteiger partial charge on any atom is 0.246 e. The lowest BCUT2D eigenvalue weighted by molar-refractivity contribution is 0.417. The van der Waals surface area contributed by atoms with Crippen LogP contribution in [-0.2, 0) is 10.0 Å². The summed E-state index contributed by atoms with van der Waals surface area (Å²) in [4.78, 5) is -0.0299. The van der Waals surface area contributed by atoms with Gasteiger partial charge < -0.3 is 4.52 Å². The van der Waals surface area contributed by atoms with Gasteiger partial charge in [-0.25, -0.2) is 8.42 Å². The summed E-state index contributed by atoms with van der Waals surface area (Å²) in [5.74, 6) is 2.14. The van der Waals surface area contributed by atoms with E-state index in [1.165, 1.54) is 0 Å². The first kappa shape index (κ1) is 8.77. The van der Waals surface area contributed by atoms with Gasteiger partial charge in [0.25, 0.3) is 0 Å². The van der Waals surface area contributed by atoms with Crippen molar-refractivity contribution in [2.24, 2.45) is 0 Å². The van der Waals surface area contributed by atoms with Gasteiger partial charge in [-0.1, -0.05) is 11.1 Å². The van der Waals surface area contributed by atoms with Crippen molar-refractivity contribution in [1.82, 2.24) is 9.88 Å². The third-order valence-electron chi connectivity index (χ3n) is 1.08. The molecule has 0 aromatic carbocycles. The Labute approximate surface area is 69.8 Å². The summed E-state index contributed by atoms with van der Waals surface area (Å²) in [6.45, 7) is -0.0481. The standard InChI is InChI=1S/C6H6N2O3S/c1-2-3-8-12(9,10)6-4-7-11-5-6/h1,4-5,8H,3H2. The Hall–Kier alpha value is -1.32. The van der Waals surface area contributed by atoms with Crippen LogP contribution in [0.1, 0.15) is 0 Å². The lowest BCUT2D eigenvalue weighted by Gasteiger charge is -1.97. The van der Waals surface area contributed by atoms with Gasteiger partial charge in [0.05, 0.1) is 12.7 Å². The Morgan fingerprint density at radius 1 is 1.75 bits per heavy atom. The van der Waals surface area contributed by atoms with E-state index in [4.69, 9.17) is 6.42 Å². The fraction of sp³-hybridized carbons (Fsp3) is 0.167. The number of aromatic nitrogens is 1. The van der Waals surface area contributed by atoms with Gasteiger partial charge in [-0.05, 0) is 0 Å². The third-order valence-corrected chi connectivity index (χ3v) is 2.43. The average molecular weight is 186 g/mol. The Morgan fingerprint density at radius 2 is 2.50 bits per heavy atom. The van der Waals surface area contributed by atoms with Crippen LogP contribution in [0.3, 0.4) is 0 Å². The summed E-state index contributed by atoms with van der Waals surface area (Å²) in [6, 6.07) is 0. The number of rotatable bonds is 3. The van der Waals surface area contributed by atoms with Gasteiger partial charge in [-0.3, -0.25) is 0 Å². The zero-order valence-electron chi connectivity index (χ0n) is 6.02. The van der Waals surface area contributed by atoms with Crippen LogP contribution in [0.15, 0.2) is 21.9 Å². The lowest BCUT2D eigenvalue weighted by Crippen LogP contribution is -2.23. The van der Waals surface area contributed by atoms with Gasteiger partial charge in [-0.15, -0.1) is 6.42 Å². The van der Waals surface area contributed by atoms with Crippen LogP contribution in [0.2, 0.25) is 0 Å². The van der Waals surface area contributed by atoms with E-state index < -0.39 is 10.0 Å².